The molecule has 0 amide bonds. The number of nitrogens with one attached hydrogen (secondary N) is 1. The number of methoxy groups -OCH3 is 1. The van der Waals surface area contributed by atoms with Gasteiger partial charge in [0, 0.05) is 35.0 Å². The Kier molecular flexibility index (Phi) is 7.49. The Morgan fingerprint density at radius 3 is 2.46 bits per heavy atom. The Hall–Kier alpha value is -3.35. The number of benzene rings is 2. The van der Waals surface area contributed by atoms with Crippen LogP contribution in [0.15, 0.2) is 54.9 Å². The molecule has 0 spiro atoms. The monoisotopic (exact) mass is 516 g/mol. The first-order chi connectivity index (χ1) is 18.0. The fourth-order valence-corrected chi connectivity index (χ4v) is 5.44. The molecule has 0 unspecified atom stereocenters. The highest BCUT2D eigenvalue weighted by molar-refractivity contribution is 6.35. The van der Waals surface area contributed by atoms with Gasteiger partial charge in [-0.25, -0.2) is 9.97 Å². The second-order valence-corrected chi connectivity index (χ2v) is 10.0. The van der Waals surface area contributed by atoms with Crippen LogP contribution in [0.25, 0.3) is 21.9 Å². The van der Waals surface area contributed by atoms with Crippen molar-refractivity contribution in [1.29, 1.82) is 0 Å². The molecule has 1 aliphatic rings. The molecule has 192 valence electrons. The molecule has 1 fully saturated rings. The van der Waals surface area contributed by atoms with Crippen LogP contribution < -0.4 is 14.8 Å². The molecule has 4 aromatic rings. The smallest absolute Gasteiger partial charge is 0.142 e. The van der Waals surface area contributed by atoms with E-state index in [9.17, 15) is 0 Å². The molecule has 7 heteroatoms. The van der Waals surface area contributed by atoms with Crippen molar-refractivity contribution in [2.75, 3.05) is 39.2 Å². The summed E-state index contributed by atoms with van der Waals surface area (Å²) in [5, 5.41) is 6.03. The molecule has 6 nitrogen and oxygen atoms in total. The average molecular weight is 517 g/mol. The van der Waals surface area contributed by atoms with Gasteiger partial charge in [-0.15, -0.1) is 0 Å². The first-order valence-corrected chi connectivity index (χ1v) is 13.2. The summed E-state index contributed by atoms with van der Waals surface area (Å²) in [5.74, 6) is 3.51. The van der Waals surface area contributed by atoms with Gasteiger partial charge in [0.2, 0.25) is 0 Å². The highest BCUT2D eigenvalue weighted by Gasteiger charge is 2.19. The molecule has 37 heavy (non-hydrogen) atoms. The number of piperidine rings is 1. The molecule has 1 saturated heterocycles. The van der Waals surface area contributed by atoms with Crippen molar-refractivity contribution in [3.05, 3.63) is 71.0 Å². The first kappa shape index (κ1) is 25.3. The minimum atomic E-state index is 0.526. The normalized spacial score (nSPS) is 14.6. The van der Waals surface area contributed by atoms with E-state index in [0.717, 1.165) is 57.9 Å². The van der Waals surface area contributed by atoms with Gasteiger partial charge in [-0.05, 0) is 87.5 Å². The number of hydrogen-bond donors (Lipinski definition) is 1. The number of likely N-dealkylation sites (tertiary alicyclic amines) is 1. The van der Waals surface area contributed by atoms with E-state index in [1.54, 1.807) is 7.11 Å². The highest BCUT2D eigenvalue weighted by Crippen LogP contribution is 2.43. The molecular formula is C30H33ClN4O2. The predicted octanol–water partition coefficient (Wildman–Crippen LogP) is 7.22. The van der Waals surface area contributed by atoms with Gasteiger partial charge < -0.3 is 19.7 Å². The molecule has 0 radical (unpaired) electrons. The Bertz CT molecular complexity index is 1400. The standard InChI is InChI=1S/C30H33ClN4O2/c1-5-37-26-16-25(36-4)19(2)29(30(26)31)22-7-6-21-15-28(33-18-24(21)14-22)34-27-9-8-23(17-32-27)20-10-12-35(3)13-11-20/h6-9,14-18,20H,5,10-13H2,1-4H3,(H,32,33,34). The summed E-state index contributed by atoms with van der Waals surface area (Å²) in [6.45, 7) is 6.76. The second kappa shape index (κ2) is 11.0. The second-order valence-electron chi connectivity index (χ2n) is 9.63. The quantitative estimate of drug-likeness (QED) is 0.280. The molecule has 0 atom stereocenters. The van der Waals surface area contributed by atoms with Crippen molar-refractivity contribution in [3.8, 4) is 22.6 Å². The average Bonchev–Trinajstić information content (AvgIpc) is 2.91. The van der Waals surface area contributed by atoms with Crippen LogP contribution in [0.5, 0.6) is 11.5 Å². The number of ether oxygens (including phenoxy) is 2. The van der Waals surface area contributed by atoms with Crippen molar-refractivity contribution in [2.45, 2.75) is 32.6 Å². The molecular weight excluding hydrogens is 484 g/mol. The van der Waals surface area contributed by atoms with E-state index in [2.05, 4.69) is 51.5 Å². The van der Waals surface area contributed by atoms with Crippen LogP contribution in [0, 0.1) is 6.92 Å². The van der Waals surface area contributed by atoms with Gasteiger partial charge in [0.15, 0.2) is 0 Å². The molecule has 1 N–H and O–H groups in total. The minimum absolute atomic E-state index is 0.526. The lowest BCUT2D eigenvalue weighted by atomic mass is 9.91. The van der Waals surface area contributed by atoms with Crippen LogP contribution in [0.4, 0.5) is 11.6 Å². The number of fused-ring (bicyclic) bond motifs is 1. The number of nitrogens with zero attached hydrogens (tertiary/aromatic N) is 3. The third kappa shape index (κ3) is 5.36. The Labute approximate surface area is 223 Å². The summed E-state index contributed by atoms with van der Waals surface area (Å²) in [5.41, 5.74) is 4.18. The van der Waals surface area contributed by atoms with Crippen molar-refractivity contribution < 1.29 is 9.47 Å². The van der Waals surface area contributed by atoms with E-state index in [0.29, 0.717) is 23.3 Å². The van der Waals surface area contributed by atoms with E-state index in [1.165, 1.54) is 18.4 Å². The number of pyridine rings is 2. The molecule has 3 heterocycles. The topological polar surface area (TPSA) is 59.5 Å². The fraction of sp³-hybridized carbons (Fsp3) is 0.333. The number of aromatic nitrogens is 2. The van der Waals surface area contributed by atoms with Crippen molar-refractivity contribution in [3.63, 3.8) is 0 Å². The third-order valence-corrected chi connectivity index (χ3v) is 7.58. The molecule has 0 bridgehead atoms. The number of halogens is 1. The molecule has 0 saturated carbocycles. The number of rotatable bonds is 7. The van der Waals surface area contributed by atoms with Crippen molar-refractivity contribution >= 4 is 34.0 Å². The van der Waals surface area contributed by atoms with E-state index >= 15 is 0 Å². The van der Waals surface area contributed by atoms with E-state index in [4.69, 9.17) is 21.1 Å². The van der Waals surface area contributed by atoms with Gasteiger partial charge in [-0.1, -0.05) is 29.8 Å². The summed E-state index contributed by atoms with van der Waals surface area (Å²) in [4.78, 5) is 11.7. The third-order valence-electron chi connectivity index (χ3n) is 7.21. The Morgan fingerprint density at radius 1 is 0.973 bits per heavy atom. The fourth-order valence-electron chi connectivity index (χ4n) is 5.08. The Morgan fingerprint density at radius 2 is 1.76 bits per heavy atom. The van der Waals surface area contributed by atoms with E-state index in [-0.39, 0.29) is 0 Å². The van der Waals surface area contributed by atoms with Crippen LogP contribution >= 0.6 is 11.6 Å². The van der Waals surface area contributed by atoms with Gasteiger partial charge in [0.25, 0.3) is 0 Å². The molecule has 2 aromatic carbocycles. The van der Waals surface area contributed by atoms with Gasteiger partial charge in [-0.3, -0.25) is 0 Å². The Balaban J connectivity index is 1.38. The molecule has 2 aromatic heterocycles. The summed E-state index contributed by atoms with van der Waals surface area (Å²) in [6, 6.07) is 14.4. The summed E-state index contributed by atoms with van der Waals surface area (Å²) < 4.78 is 11.3. The van der Waals surface area contributed by atoms with Crippen LogP contribution in [-0.4, -0.2) is 48.7 Å². The molecule has 0 aliphatic carbocycles. The largest absolute Gasteiger partial charge is 0.496 e. The predicted molar refractivity (Wildman–Crippen MR) is 152 cm³/mol. The molecule has 1 aliphatic heterocycles. The van der Waals surface area contributed by atoms with Crippen LogP contribution in [0.2, 0.25) is 5.02 Å². The zero-order valence-electron chi connectivity index (χ0n) is 21.8. The molecule has 5 rings (SSSR count). The maximum Gasteiger partial charge on any atom is 0.142 e. The van der Waals surface area contributed by atoms with Gasteiger partial charge >= 0.3 is 0 Å². The number of hydrogen-bond acceptors (Lipinski definition) is 6. The van der Waals surface area contributed by atoms with Gasteiger partial charge in [0.05, 0.1) is 18.7 Å². The summed E-state index contributed by atoms with van der Waals surface area (Å²) in [7, 11) is 3.85. The van der Waals surface area contributed by atoms with E-state index in [1.807, 2.05) is 44.4 Å². The lowest BCUT2D eigenvalue weighted by molar-refractivity contribution is 0.255. The van der Waals surface area contributed by atoms with Crippen molar-refractivity contribution in [2.24, 2.45) is 0 Å². The van der Waals surface area contributed by atoms with Crippen molar-refractivity contribution in [1.82, 2.24) is 14.9 Å². The lowest BCUT2D eigenvalue weighted by Crippen LogP contribution is -2.29. The van der Waals surface area contributed by atoms with Crippen LogP contribution in [0.1, 0.15) is 36.8 Å². The summed E-state index contributed by atoms with van der Waals surface area (Å²) in [6.07, 6.45) is 6.25. The zero-order valence-corrected chi connectivity index (χ0v) is 22.6. The van der Waals surface area contributed by atoms with Crippen LogP contribution in [0.3, 0.4) is 0 Å². The van der Waals surface area contributed by atoms with E-state index < -0.39 is 0 Å². The summed E-state index contributed by atoms with van der Waals surface area (Å²) >= 11 is 6.77. The highest BCUT2D eigenvalue weighted by atomic mass is 35.5. The SMILES string of the molecule is CCOc1cc(OC)c(C)c(-c2ccc3cc(Nc4ccc(C5CCN(C)CC5)cn4)ncc3c2)c1Cl. The van der Waals surface area contributed by atoms with Gasteiger partial charge in [-0.2, -0.15) is 0 Å². The first-order valence-electron chi connectivity index (χ1n) is 12.8. The maximum atomic E-state index is 6.77. The van der Waals surface area contributed by atoms with Crippen LogP contribution in [-0.2, 0) is 0 Å². The zero-order chi connectivity index (χ0) is 25.9. The van der Waals surface area contributed by atoms with Gasteiger partial charge in [0.1, 0.15) is 23.1 Å². The lowest BCUT2D eigenvalue weighted by Gasteiger charge is -2.29. The minimum Gasteiger partial charge on any atom is -0.496 e. The maximum absolute atomic E-state index is 6.77. The number of anilines is 2.